The second-order valence-electron chi connectivity index (χ2n) is 6.29. The fourth-order valence-electron chi connectivity index (χ4n) is 2.73. The molecule has 0 saturated heterocycles. The third-order valence-electron chi connectivity index (χ3n) is 4.15. The highest BCUT2D eigenvalue weighted by Crippen LogP contribution is 2.35. The van der Waals surface area contributed by atoms with Crippen molar-refractivity contribution in [3.8, 4) is 0 Å². The van der Waals surface area contributed by atoms with Gasteiger partial charge in [0.25, 0.3) is 0 Å². The van der Waals surface area contributed by atoms with Crippen molar-refractivity contribution < 1.29 is 23.1 Å². The Balaban J connectivity index is 1.87. The number of nitrogens with one attached hydrogen (secondary N) is 2. The van der Waals surface area contributed by atoms with E-state index in [1.165, 1.54) is 6.07 Å². The first-order valence-electron chi connectivity index (χ1n) is 8.31. The van der Waals surface area contributed by atoms with Crippen LogP contribution >= 0.6 is 0 Å². The van der Waals surface area contributed by atoms with E-state index in [1.807, 2.05) is 0 Å². The molecule has 148 valence electrons. The SMILES string of the molecule is Cc1cc(Nc2nc(C(F)(F)c3ccc(F)cc3)nn3cc(C(=O)O)cc23)n[nH]1. The monoisotopic (exact) mass is 402 g/mol. The molecular weight excluding hydrogens is 389 g/mol. The van der Waals surface area contributed by atoms with Gasteiger partial charge in [0, 0.05) is 23.5 Å². The number of H-pyrrole nitrogens is 1. The van der Waals surface area contributed by atoms with Gasteiger partial charge in [0.1, 0.15) is 11.3 Å². The fraction of sp³-hybridized carbons (Fsp3) is 0.111. The molecular formula is C18H13F3N6O2. The maximum atomic E-state index is 15.0. The number of aromatic amines is 1. The Morgan fingerprint density at radius 1 is 1.24 bits per heavy atom. The molecule has 4 aromatic rings. The van der Waals surface area contributed by atoms with Crippen LogP contribution in [-0.4, -0.2) is 35.9 Å². The van der Waals surface area contributed by atoms with Crippen molar-refractivity contribution >= 4 is 23.1 Å². The smallest absolute Gasteiger partial charge is 0.337 e. The number of alkyl halides is 2. The summed E-state index contributed by atoms with van der Waals surface area (Å²) in [5.74, 6) is -6.21. The number of carbonyl (C=O) groups is 1. The van der Waals surface area contributed by atoms with Crippen molar-refractivity contribution in [2.24, 2.45) is 0 Å². The minimum atomic E-state index is -3.66. The molecule has 1 aromatic carbocycles. The highest BCUT2D eigenvalue weighted by Gasteiger charge is 2.39. The molecule has 3 heterocycles. The highest BCUT2D eigenvalue weighted by molar-refractivity contribution is 5.91. The third kappa shape index (κ3) is 3.37. The number of hydrogen-bond donors (Lipinski definition) is 3. The number of carboxylic acids is 1. The topological polar surface area (TPSA) is 108 Å². The normalized spacial score (nSPS) is 11.7. The van der Waals surface area contributed by atoms with Crippen molar-refractivity contribution in [3.63, 3.8) is 0 Å². The van der Waals surface area contributed by atoms with Gasteiger partial charge in [-0.2, -0.15) is 13.9 Å². The molecule has 0 fully saturated rings. The summed E-state index contributed by atoms with van der Waals surface area (Å²) in [6.07, 6.45) is 1.10. The van der Waals surface area contributed by atoms with Crippen molar-refractivity contribution in [2.45, 2.75) is 12.8 Å². The van der Waals surface area contributed by atoms with Crippen LogP contribution in [0.3, 0.4) is 0 Å². The number of anilines is 2. The summed E-state index contributed by atoms with van der Waals surface area (Å²) >= 11 is 0. The van der Waals surface area contributed by atoms with E-state index in [4.69, 9.17) is 0 Å². The average Bonchev–Trinajstić information content (AvgIpc) is 3.28. The van der Waals surface area contributed by atoms with Crippen LogP contribution in [-0.2, 0) is 5.92 Å². The molecule has 8 nitrogen and oxygen atoms in total. The molecule has 0 radical (unpaired) electrons. The second kappa shape index (κ2) is 6.62. The summed E-state index contributed by atoms with van der Waals surface area (Å²) in [6.45, 7) is 1.75. The molecule has 0 spiro atoms. The standard InChI is InChI=1S/C18H13F3N6O2/c1-9-6-14(25-24-9)22-15-13-7-10(16(28)29)8-27(13)26-17(23-15)18(20,21)11-2-4-12(19)5-3-11/h2-8H,1H3,(H,28,29)(H2,22,23,24,25,26). The molecule has 3 N–H and O–H groups in total. The Kier molecular flexibility index (Phi) is 4.22. The van der Waals surface area contributed by atoms with Gasteiger partial charge in [-0.05, 0) is 37.3 Å². The third-order valence-corrected chi connectivity index (χ3v) is 4.15. The van der Waals surface area contributed by atoms with Gasteiger partial charge in [-0.15, -0.1) is 5.10 Å². The summed E-state index contributed by atoms with van der Waals surface area (Å²) in [4.78, 5) is 15.2. The Morgan fingerprint density at radius 3 is 2.59 bits per heavy atom. The van der Waals surface area contributed by atoms with E-state index in [2.05, 4.69) is 25.6 Å². The van der Waals surface area contributed by atoms with Crippen LogP contribution in [0.4, 0.5) is 24.8 Å². The number of aromatic nitrogens is 5. The Hall–Kier alpha value is -3.89. The Morgan fingerprint density at radius 2 is 1.97 bits per heavy atom. The van der Waals surface area contributed by atoms with Gasteiger partial charge in [-0.25, -0.2) is 18.7 Å². The van der Waals surface area contributed by atoms with Crippen molar-refractivity contribution in [1.82, 2.24) is 24.8 Å². The van der Waals surface area contributed by atoms with E-state index in [-0.39, 0.29) is 16.9 Å². The molecule has 0 amide bonds. The van der Waals surface area contributed by atoms with Crippen molar-refractivity contribution in [1.29, 1.82) is 0 Å². The molecule has 3 aromatic heterocycles. The number of fused-ring (bicyclic) bond motifs is 1. The quantitative estimate of drug-likeness (QED) is 0.472. The number of hydrogen-bond acceptors (Lipinski definition) is 5. The maximum Gasteiger partial charge on any atom is 0.337 e. The van der Waals surface area contributed by atoms with Gasteiger partial charge in [0.05, 0.1) is 5.56 Å². The second-order valence-corrected chi connectivity index (χ2v) is 6.29. The van der Waals surface area contributed by atoms with Crippen LogP contribution in [0.1, 0.15) is 27.4 Å². The molecule has 0 aliphatic heterocycles. The van der Waals surface area contributed by atoms with Crippen LogP contribution in [0.5, 0.6) is 0 Å². The lowest BCUT2D eigenvalue weighted by Gasteiger charge is -2.16. The lowest BCUT2D eigenvalue weighted by Crippen LogP contribution is -2.21. The van der Waals surface area contributed by atoms with E-state index in [9.17, 15) is 14.3 Å². The van der Waals surface area contributed by atoms with Gasteiger partial charge < -0.3 is 10.4 Å². The number of halogens is 3. The lowest BCUT2D eigenvalue weighted by molar-refractivity contribution is 0.0315. The number of nitrogens with zero attached hydrogens (tertiary/aromatic N) is 4. The molecule has 0 saturated carbocycles. The Bertz CT molecular complexity index is 1220. The zero-order valence-corrected chi connectivity index (χ0v) is 14.8. The van der Waals surface area contributed by atoms with Gasteiger partial charge >= 0.3 is 11.9 Å². The molecule has 0 unspecified atom stereocenters. The van der Waals surface area contributed by atoms with Crippen LogP contribution < -0.4 is 5.32 Å². The van der Waals surface area contributed by atoms with E-state index in [0.29, 0.717) is 5.82 Å². The molecule has 11 heteroatoms. The van der Waals surface area contributed by atoms with E-state index in [0.717, 1.165) is 40.7 Å². The molecule has 29 heavy (non-hydrogen) atoms. The summed E-state index contributed by atoms with van der Waals surface area (Å²) in [6, 6.07) is 6.56. The molecule has 0 atom stereocenters. The molecule has 0 bridgehead atoms. The van der Waals surface area contributed by atoms with Gasteiger partial charge in [-0.1, -0.05) is 0 Å². The van der Waals surface area contributed by atoms with Crippen molar-refractivity contribution in [3.05, 3.63) is 71.1 Å². The highest BCUT2D eigenvalue weighted by atomic mass is 19.3. The van der Waals surface area contributed by atoms with Crippen molar-refractivity contribution in [2.75, 3.05) is 5.32 Å². The zero-order valence-electron chi connectivity index (χ0n) is 14.8. The van der Waals surface area contributed by atoms with Crippen LogP contribution in [0.2, 0.25) is 0 Å². The number of rotatable bonds is 5. The summed E-state index contributed by atoms with van der Waals surface area (Å²) in [5.41, 5.74) is 0.228. The summed E-state index contributed by atoms with van der Waals surface area (Å²) in [7, 11) is 0. The molecule has 0 aliphatic carbocycles. The summed E-state index contributed by atoms with van der Waals surface area (Å²) < 4.78 is 44.1. The zero-order chi connectivity index (χ0) is 20.8. The van der Waals surface area contributed by atoms with E-state index in [1.54, 1.807) is 13.0 Å². The minimum absolute atomic E-state index is 0.0595. The first kappa shape index (κ1) is 18.5. The minimum Gasteiger partial charge on any atom is -0.478 e. The number of aryl methyl sites for hydroxylation is 1. The van der Waals surface area contributed by atoms with Crippen LogP contribution in [0, 0.1) is 12.7 Å². The largest absolute Gasteiger partial charge is 0.478 e. The van der Waals surface area contributed by atoms with Gasteiger partial charge in [0.15, 0.2) is 11.6 Å². The first-order valence-corrected chi connectivity index (χ1v) is 8.31. The molecule has 4 rings (SSSR count). The van der Waals surface area contributed by atoms with Gasteiger partial charge in [-0.3, -0.25) is 5.10 Å². The Labute approximate surface area is 161 Å². The number of carboxylic acid groups (broad SMARTS) is 1. The summed E-state index contributed by atoms with van der Waals surface area (Å²) in [5, 5.41) is 22.5. The molecule has 0 aliphatic rings. The van der Waals surface area contributed by atoms with E-state index >= 15 is 8.78 Å². The van der Waals surface area contributed by atoms with Gasteiger partial charge in [0.2, 0.25) is 5.82 Å². The number of benzene rings is 1. The lowest BCUT2D eigenvalue weighted by atomic mass is 10.1. The number of aromatic carboxylic acids is 1. The maximum absolute atomic E-state index is 15.0. The fourth-order valence-corrected chi connectivity index (χ4v) is 2.73. The van der Waals surface area contributed by atoms with E-state index < -0.39 is 29.1 Å². The average molecular weight is 402 g/mol. The predicted octanol–water partition coefficient (Wildman–Crippen LogP) is 3.48. The van der Waals surface area contributed by atoms with Crippen LogP contribution in [0.15, 0.2) is 42.6 Å². The predicted molar refractivity (Wildman–Crippen MR) is 95.9 cm³/mol. The van der Waals surface area contributed by atoms with Crippen LogP contribution in [0.25, 0.3) is 5.52 Å². The first-order chi connectivity index (χ1) is 13.7.